The van der Waals surface area contributed by atoms with Gasteiger partial charge in [0, 0.05) is 18.3 Å². The molecule has 1 saturated heterocycles. The molecule has 1 aliphatic rings. The topological polar surface area (TPSA) is 3.24 Å². The van der Waals surface area contributed by atoms with E-state index < -0.39 is 0 Å². The minimum atomic E-state index is 0.441. The maximum absolute atomic E-state index is 2.57. The number of aryl methyl sites for hydroxylation is 1. The molecule has 1 heterocycles. The summed E-state index contributed by atoms with van der Waals surface area (Å²) in [5.74, 6) is 0. The zero-order valence-corrected chi connectivity index (χ0v) is 11.2. The van der Waals surface area contributed by atoms with Crippen molar-refractivity contribution in [3.05, 3.63) is 29.3 Å². The van der Waals surface area contributed by atoms with Gasteiger partial charge >= 0.3 is 0 Å². The van der Waals surface area contributed by atoms with Crippen LogP contribution in [0.2, 0.25) is 0 Å². The summed E-state index contributed by atoms with van der Waals surface area (Å²) in [7, 11) is 0. The van der Waals surface area contributed by atoms with E-state index in [1.165, 1.54) is 29.8 Å². The van der Waals surface area contributed by atoms with Crippen molar-refractivity contribution < 1.29 is 0 Å². The van der Waals surface area contributed by atoms with E-state index in [9.17, 15) is 0 Å². The third kappa shape index (κ3) is 1.73. The molecule has 0 unspecified atom stereocenters. The highest BCUT2D eigenvalue weighted by Crippen LogP contribution is 2.39. The molecule has 1 nitrogen and oxygen atoms in total. The summed E-state index contributed by atoms with van der Waals surface area (Å²) in [4.78, 5) is 2.57. The molecule has 0 N–H and O–H groups in total. The first kappa shape index (κ1) is 11.5. The van der Waals surface area contributed by atoms with E-state index in [0.717, 1.165) is 0 Å². The third-order valence-electron chi connectivity index (χ3n) is 4.48. The smallest absolute Gasteiger partial charge is 0.0401 e. The Morgan fingerprint density at radius 2 is 1.94 bits per heavy atom. The van der Waals surface area contributed by atoms with Gasteiger partial charge in [0.05, 0.1) is 0 Å². The fourth-order valence-corrected chi connectivity index (χ4v) is 2.61. The van der Waals surface area contributed by atoms with Crippen LogP contribution in [0.4, 0.5) is 5.69 Å². The molecule has 1 atom stereocenters. The molecule has 0 aromatic heterocycles. The van der Waals surface area contributed by atoms with E-state index >= 15 is 0 Å². The molecule has 1 heteroatoms. The number of nitrogens with zero attached hydrogens (tertiary/aromatic N) is 1. The molecule has 0 radical (unpaired) electrons. The molecule has 1 fully saturated rings. The molecule has 0 spiro atoms. The van der Waals surface area contributed by atoms with Crippen LogP contribution in [-0.2, 0) is 0 Å². The molecule has 88 valence electrons. The summed E-state index contributed by atoms with van der Waals surface area (Å²) < 4.78 is 0. The molecule has 16 heavy (non-hydrogen) atoms. The van der Waals surface area contributed by atoms with Crippen LogP contribution in [-0.4, -0.2) is 12.6 Å². The summed E-state index contributed by atoms with van der Waals surface area (Å²) in [6.07, 6.45) is 1.29. The summed E-state index contributed by atoms with van der Waals surface area (Å²) in [6.45, 7) is 12.7. The van der Waals surface area contributed by atoms with Crippen LogP contribution in [0.5, 0.6) is 0 Å². The van der Waals surface area contributed by atoms with E-state index in [4.69, 9.17) is 0 Å². The predicted molar refractivity (Wildman–Crippen MR) is 71.1 cm³/mol. The Bertz CT molecular complexity index is 392. The van der Waals surface area contributed by atoms with Gasteiger partial charge in [-0.05, 0) is 49.8 Å². The minimum absolute atomic E-state index is 0.441. The lowest BCUT2D eigenvalue weighted by molar-refractivity contribution is 0.345. The van der Waals surface area contributed by atoms with Gasteiger partial charge in [-0.15, -0.1) is 0 Å². The van der Waals surface area contributed by atoms with Crippen LogP contribution in [0, 0.1) is 19.3 Å². The molecule has 1 aliphatic heterocycles. The largest absolute Gasteiger partial charge is 0.368 e. The maximum Gasteiger partial charge on any atom is 0.0401 e. The van der Waals surface area contributed by atoms with E-state index in [1.807, 2.05) is 0 Å². The molecule has 0 amide bonds. The van der Waals surface area contributed by atoms with Crippen molar-refractivity contribution in [2.75, 3.05) is 11.4 Å². The fraction of sp³-hybridized carbons (Fsp3) is 0.600. The summed E-state index contributed by atoms with van der Waals surface area (Å²) in [5, 5.41) is 0. The monoisotopic (exact) mass is 217 g/mol. The maximum atomic E-state index is 2.57. The molecule has 2 rings (SSSR count). The average Bonchev–Trinajstić information content (AvgIpc) is 2.48. The highest BCUT2D eigenvalue weighted by Gasteiger charge is 2.37. The van der Waals surface area contributed by atoms with Gasteiger partial charge in [0.1, 0.15) is 0 Å². The van der Waals surface area contributed by atoms with Crippen molar-refractivity contribution in [2.24, 2.45) is 5.41 Å². The zero-order valence-electron chi connectivity index (χ0n) is 11.2. The first-order valence-corrected chi connectivity index (χ1v) is 6.26. The quantitative estimate of drug-likeness (QED) is 0.689. The van der Waals surface area contributed by atoms with E-state index in [2.05, 4.69) is 57.7 Å². The molecule has 0 aliphatic carbocycles. The number of hydrogen-bond acceptors (Lipinski definition) is 1. The van der Waals surface area contributed by atoms with Gasteiger partial charge in [-0.3, -0.25) is 0 Å². The Morgan fingerprint density at radius 3 is 2.50 bits per heavy atom. The van der Waals surface area contributed by atoms with Gasteiger partial charge in [-0.2, -0.15) is 0 Å². The highest BCUT2D eigenvalue weighted by molar-refractivity contribution is 5.57. The minimum Gasteiger partial charge on any atom is -0.368 e. The Labute approximate surface area is 99.5 Å². The van der Waals surface area contributed by atoms with Crippen LogP contribution in [0.3, 0.4) is 0 Å². The Morgan fingerprint density at radius 1 is 1.25 bits per heavy atom. The van der Waals surface area contributed by atoms with Crippen molar-refractivity contribution in [1.82, 2.24) is 0 Å². The SMILES string of the molecule is Cc1cccc(N2CCC(C)(C)[C@H]2C)c1C. The standard InChI is InChI=1S/C15H23N/c1-11-7-6-8-14(12(11)2)16-10-9-15(4,5)13(16)3/h6-8,13H,9-10H2,1-5H3/t13-/m1/s1. The van der Waals surface area contributed by atoms with Gasteiger partial charge < -0.3 is 4.90 Å². The van der Waals surface area contributed by atoms with Gasteiger partial charge in [-0.25, -0.2) is 0 Å². The molecular formula is C15H23N. The normalized spacial score (nSPS) is 23.8. The fourth-order valence-electron chi connectivity index (χ4n) is 2.61. The Kier molecular flexibility index (Phi) is 2.73. The Balaban J connectivity index is 2.36. The van der Waals surface area contributed by atoms with E-state index in [1.54, 1.807) is 0 Å². The van der Waals surface area contributed by atoms with Crippen LogP contribution >= 0.6 is 0 Å². The second-order valence-electron chi connectivity index (χ2n) is 5.83. The lowest BCUT2D eigenvalue weighted by Crippen LogP contribution is -2.34. The Hall–Kier alpha value is -0.980. The predicted octanol–water partition coefficient (Wildman–Crippen LogP) is 3.93. The molecule has 0 saturated carbocycles. The van der Waals surface area contributed by atoms with Crippen molar-refractivity contribution in [3.8, 4) is 0 Å². The van der Waals surface area contributed by atoms with Gasteiger partial charge in [-0.1, -0.05) is 26.0 Å². The lowest BCUT2D eigenvalue weighted by atomic mass is 9.86. The van der Waals surface area contributed by atoms with Gasteiger partial charge in [0.2, 0.25) is 0 Å². The lowest BCUT2D eigenvalue weighted by Gasteiger charge is -2.32. The van der Waals surface area contributed by atoms with Crippen LogP contribution < -0.4 is 4.90 Å². The van der Waals surface area contributed by atoms with Crippen molar-refractivity contribution in [2.45, 2.75) is 47.1 Å². The molecular weight excluding hydrogens is 194 g/mol. The third-order valence-corrected chi connectivity index (χ3v) is 4.48. The summed E-state index contributed by atoms with van der Waals surface area (Å²) in [5.41, 5.74) is 4.70. The first-order chi connectivity index (χ1) is 7.43. The zero-order chi connectivity index (χ0) is 11.9. The van der Waals surface area contributed by atoms with E-state index in [0.29, 0.717) is 11.5 Å². The molecule has 1 aromatic carbocycles. The number of benzene rings is 1. The number of anilines is 1. The van der Waals surface area contributed by atoms with Crippen molar-refractivity contribution in [3.63, 3.8) is 0 Å². The van der Waals surface area contributed by atoms with E-state index in [-0.39, 0.29) is 0 Å². The summed E-state index contributed by atoms with van der Waals surface area (Å²) >= 11 is 0. The molecule has 1 aromatic rings. The van der Waals surface area contributed by atoms with Gasteiger partial charge in [0.25, 0.3) is 0 Å². The molecule has 0 bridgehead atoms. The summed E-state index contributed by atoms with van der Waals surface area (Å²) in [6, 6.07) is 7.27. The number of hydrogen-bond donors (Lipinski definition) is 0. The second kappa shape index (κ2) is 3.80. The van der Waals surface area contributed by atoms with Crippen LogP contribution in [0.25, 0.3) is 0 Å². The van der Waals surface area contributed by atoms with Gasteiger partial charge in [0.15, 0.2) is 0 Å². The van der Waals surface area contributed by atoms with Crippen LogP contribution in [0.1, 0.15) is 38.3 Å². The number of rotatable bonds is 1. The first-order valence-electron chi connectivity index (χ1n) is 6.26. The highest BCUT2D eigenvalue weighted by atomic mass is 15.2. The average molecular weight is 217 g/mol. The van der Waals surface area contributed by atoms with Crippen molar-refractivity contribution >= 4 is 5.69 Å². The van der Waals surface area contributed by atoms with Crippen LogP contribution in [0.15, 0.2) is 18.2 Å². The second-order valence-corrected chi connectivity index (χ2v) is 5.83. The van der Waals surface area contributed by atoms with Crippen molar-refractivity contribution in [1.29, 1.82) is 0 Å².